The molecule has 25 heavy (non-hydrogen) atoms. The van der Waals surface area contributed by atoms with Crippen molar-refractivity contribution in [1.29, 1.82) is 0 Å². The fourth-order valence-corrected chi connectivity index (χ4v) is 3.01. The van der Waals surface area contributed by atoms with Crippen molar-refractivity contribution < 1.29 is 14.1 Å². The maximum Gasteiger partial charge on any atom is 0.433 e. The molecule has 1 aliphatic rings. The minimum absolute atomic E-state index is 0.0165. The summed E-state index contributed by atoms with van der Waals surface area (Å²) < 4.78 is 6.99. The first kappa shape index (κ1) is 17.2. The number of hydrogen-bond donors (Lipinski definition) is 0. The van der Waals surface area contributed by atoms with Gasteiger partial charge in [0.1, 0.15) is 4.92 Å². The molecule has 0 spiro atoms. The minimum Gasteiger partial charge on any atom is -0.395 e. The van der Waals surface area contributed by atoms with Gasteiger partial charge in [0.15, 0.2) is 5.76 Å². The lowest BCUT2D eigenvalue weighted by atomic mass is 10.3. The van der Waals surface area contributed by atoms with Crippen LogP contribution in [-0.4, -0.2) is 63.1 Å². The largest absolute Gasteiger partial charge is 0.433 e. The quantitative estimate of drug-likeness (QED) is 0.600. The molecule has 9 nitrogen and oxygen atoms in total. The second-order valence-electron chi connectivity index (χ2n) is 6.18. The molecule has 0 N–H and O–H groups in total. The van der Waals surface area contributed by atoms with E-state index < -0.39 is 10.8 Å². The highest BCUT2D eigenvalue weighted by Gasteiger charge is 2.25. The lowest BCUT2D eigenvalue weighted by molar-refractivity contribution is -0.402. The van der Waals surface area contributed by atoms with Gasteiger partial charge in [0.05, 0.1) is 18.3 Å². The van der Waals surface area contributed by atoms with Gasteiger partial charge in [-0.3, -0.25) is 24.5 Å². The third-order valence-corrected chi connectivity index (χ3v) is 4.37. The number of rotatable bonds is 5. The van der Waals surface area contributed by atoms with Crippen LogP contribution >= 0.6 is 0 Å². The Bertz CT molecular complexity index is 773. The van der Waals surface area contributed by atoms with Crippen LogP contribution in [0.1, 0.15) is 21.9 Å². The van der Waals surface area contributed by atoms with E-state index >= 15 is 0 Å². The van der Waals surface area contributed by atoms with E-state index in [1.54, 1.807) is 4.90 Å². The number of carbonyl (C=O) groups excluding carboxylic acids is 1. The van der Waals surface area contributed by atoms with Gasteiger partial charge in [-0.15, -0.1) is 0 Å². The van der Waals surface area contributed by atoms with Gasteiger partial charge in [-0.2, -0.15) is 5.10 Å². The van der Waals surface area contributed by atoms with E-state index in [9.17, 15) is 14.9 Å². The maximum absolute atomic E-state index is 12.3. The van der Waals surface area contributed by atoms with Crippen LogP contribution < -0.4 is 0 Å². The molecule has 0 unspecified atom stereocenters. The van der Waals surface area contributed by atoms with Crippen LogP contribution in [0.3, 0.4) is 0 Å². The Morgan fingerprint density at radius 2 is 1.96 bits per heavy atom. The summed E-state index contributed by atoms with van der Waals surface area (Å²) in [6, 6.07) is 4.62. The van der Waals surface area contributed by atoms with Gasteiger partial charge in [-0.1, -0.05) is 0 Å². The average molecular weight is 347 g/mol. The predicted molar refractivity (Wildman–Crippen MR) is 89.4 cm³/mol. The zero-order valence-electron chi connectivity index (χ0n) is 14.3. The molecule has 3 rings (SSSR count). The number of piperazine rings is 1. The molecule has 3 heterocycles. The van der Waals surface area contributed by atoms with E-state index in [0.717, 1.165) is 37.6 Å². The Hall–Kier alpha value is -2.68. The molecular formula is C16H21N5O4. The van der Waals surface area contributed by atoms with Crippen LogP contribution in [0, 0.1) is 24.0 Å². The van der Waals surface area contributed by atoms with Crippen molar-refractivity contribution in [3.05, 3.63) is 45.5 Å². The molecule has 0 atom stereocenters. The molecule has 0 aliphatic carbocycles. The third-order valence-electron chi connectivity index (χ3n) is 4.37. The number of furan rings is 1. The normalized spacial score (nSPS) is 15.5. The topological polar surface area (TPSA) is 97.7 Å². The SMILES string of the molecule is Cc1cc(C)n(CCN2CCN(C(=O)c3ccc([N+](=O)[O-])o3)CC2)n1. The molecule has 1 amide bonds. The number of aryl methyl sites for hydroxylation is 2. The van der Waals surface area contributed by atoms with E-state index in [1.165, 1.54) is 12.1 Å². The fraction of sp³-hybridized carbons (Fsp3) is 0.500. The zero-order valence-corrected chi connectivity index (χ0v) is 14.3. The van der Waals surface area contributed by atoms with Gasteiger partial charge < -0.3 is 9.32 Å². The summed E-state index contributed by atoms with van der Waals surface area (Å²) in [5.41, 5.74) is 2.16. The van der Waals surface area contributed by atoms with Gasteiger partial charge in [-0.05, 0) is 26.0 Å². The summed E-state index contributed by atoms with van der Waals surface area (Å²) in [6.07, 6.45) is 0. The van der Waals surface area contributed by atoms with Gasteiger partial charge in [0.2, 0.25) is 0 Å². The first-order valence-electron chi connectivity index (χ1n) is 8.21. The van der Waals surface area contributed by atoms with Crippen molar-refractivity contribution in [3.8, 4) is 0 Å². The summed E-state index contributed by atoms with van der Waals surface area (Å²) in [4.78, 5) is 26.3. The second kappa shape index (κ2) is 7.06. The Morgan fingerprint density at radius 1 is 1.24 bits per heavy atom. The molecular weight excluding hydrogens is 326 g/mol. The number of aromatic nitrogens is 2. The molecule has 2 aromatic heterocycles. The van der Waals surface area contributed by atoms with E-state index in [0.29, 0.717) is 13.1 Å². The first-order chi connectivity index (χ1) is 11.9. The highest BCUT2D eigenvalue weighted by Crippen LogP contribution is 2.18. The van der Waals surface area contributed by atoms with Crippen LogP contribution in [0.25, 0.3) is 0 Å². The van der Waals surface area contributed by atoms with E-state index in [1.807, 2.05) is 18.5 Å². The minimum atomic E-state index is -0.645. The van der Waals surface area contributed by atoms with E-state index in [4.69, 9.17) is 4.42 Å². The molecule has 0 aromatic carbocycles. The van der Waals surface area contributed by atoms with Crippen molar-refractivity contribution in [2.45, 2.75) is 20.4 Å². The van der Waals surface area contributed by atoms with Crippen LogP contribution in [0.4, 0.5) is 5.88 Å². The molecule has 1 aliphatic heterocycles. The highest BCUT2D eigenvalue weighted by molar-refractivity contribution is 5.91. The smallest absolute Gasteiger partial charge is 0.395 e. The lowest BCUT2D eigenvalue weighted by Crippen LogP contribution is -2.49. The molecule has 2 aromatic rings. The van der Waals surface area contributed by atoms with Crippen LogP contribution in [0.15, 0.2) is 22.6 Å². The zero-order chi connectivity index (χ0) is 18.0. The van der Waals surface area contributed by atoms with E-state index in [2.05, 4.69) is 16.1 Å². The third kappa shape index (κ3) is 3.87. The molecule has 0 saturated carbocycles. The van der Waals surface area contributed by atoms with Crippen molar-refractivity contribution in [2.24, 2.45) is 0 Å². The summed E-state index contributed by atoms with van der Waals surface area (Å²) in [7, 11) is 0. The van der Waals surface area contributed by atoms with Crippen molar-refractivity contribution >= 4 is 11.8 Å². The number of hydrogen-bond acceptors (Lipinski definition) is 6. The Morgan fingerprint density at radius 3 is 2.52 bits per heavy atom. The fourth-order valence-electron chi connectivity index (χ4n) is 3.01. The van der Waals surface area contributed by atoms with Gasteiger partial charge in [0, 0.05) is 38.4 Å². The van der Waals surface area contributed by atoms with Crippen molar-refractivity contribution in [1.82, 2.24) is 19.6 Å². The maximum atomic E-state index is 12.3. The molecule has 0 radical (unpaired) electrons. The monoisotopic (exact) mass is 347 g/mol. The number of carbonyl (C=O) groups is 1. The van der Waals surface area contributed by atoms with Crippen LogP contribution in [0.2, 0.25) is 0 Å². The lowest BCUT2D eigenvalue weighted by Gasteiger charge is -2.34. The number of amides is 1. The molecule has 134 valence electrons. The molecule has 9 heteroatoms. The highest BCUT2D eigenvalue weighted by atomic mass is 16.6. The van der Waals surface area contributed by atoms with Gasteiger partial charge >= 0.3 is 5.88 Å². The van der Waals surface area contributed by atoms with Crippen LogP contribution in [-0.2, 0) is 6.54 Å². The summed E-state index contributed by atoms with van der Waals surface area (Å²) in [6.45, 7) is 8.37. The summed E-state index contributed by atoms with van der Waals surface area (Å²) in [5.74, 6) is -0.694. The van der Waals surface area contributed by atoms with Crippen LogP contribution in [0.5, 0.6) is 0 Å². The van der Waals surface area contributed by atoms with Crippen molar-refractivity contribution in [2.75, 3.05) is 32.7 Å². The molecule has 0 bridgehead atoms. The number of nitro groups is 1. The number of nitrogens with zero attached hydrogens (tertiary/aromatic N) is 5. The Balaban J connectivity index is 1.50. The Labute approximate surface area is 145 Å². The summed E-state index contributed by atoms with van der Waals surface area (Å²) in [5, 5.41) is 15.1. The predicted octanol–water partition coefficient (Wildman–Crippen LogP) is 1.46. The first-order valence-corrected chi connectivity index (χ1v) is 8.21. The Kier molecular flexibility index (Phi) is 4.84. The summed E-state index contributed by atoms with van der Waals surface area (Å²) >= 11 is 0. The average Bonchev–Trinajstić information content (AvgIpc) is 3.19. The van der Waals surface area contributed by atoms with Crippen molar-refractivity contribution in [3.63, 3.8) is 0 Å². The van der Waals surface area contributed by atoms with Gasteiger partial charge in [0.25, 0.3) is 5.91 Å². The van der Waals surface area contributed by atoms with Gasteiger partial charge in [-0.25, -0.2) is 0 Å². The molecule has 1 fully saturated rings. The standard InChI is InChI=1S/C16H21N5O4/c1-12-11-13(2)20(17-12)10-7-18-5-8-19(9-6-18)16(22)14-3-4-15(25-14)21(23)24/h3-4,11H,5-10H2,1-2H3. The van der Waals surface area contributed by atoms with E-state index in [-0.39, 0.29) is 11.7 Å². The molecule has 1 saturated heterocycles. The second-order valence-corrected chi connectivity index (χ2v) is 6.18.